The lowest BCUT2D eigenvalue weighted by Gasteiger charge is -2.21. The van der Waals surface area contributed by atoms with Crippen LogP contribution in [0.1, 0.15) is 30.8 Å². The number of alkyl halides is 2. The Hall–Kier alpha value is -1.76. The topological polar surface area (TPSA) is 71.5 Å². The molecular weight excluding hydrogens is 282 g/mol. The van der Waals surface area contributed by atoms with E-state index in [2.05, 4.69) is 10.3 Å². The average molecular weight is 302 g/mol. The minimum atomic E-state index is -2.58. The summed E-state index contributed by atoms with van der Waals surface area (Å²) in [5, 5.41) is 11.7. The van der Waals surface area contributed by atoms with Crippen LogP contribution >= 0.6 is 0 Å². The summed E-state index contributed by atoms with van der Waals surface area (Å²) in [5.41, 5.74) is 0.0883. The summed E-state index contributed by atoms with van der Waals surface area (Å²) in [6.07, 6.45) is -0.817. The largest absolute Gasteiger partial charge is 0.488 e. The second-order valence-corrected chi connectivity index (χ2v) is 4.92. The molecule has 1 atom stereocenters. The fourth-order valence-corrected chi connectivity index (χ4v) is 1.74. The van der Waals surface area contributed by atoms with Crippen molar-refractivity contribution in [2.75, 3.05) is 13.2 Å². The fourth-order valence-electron chi connectivity index (χ4n) is 1.74. The molecule has 1 amide bonds. The van der Waals surface area contributed by atoms with Gasteiger partial charge in [0.25, 0.3) is 12.3 Å². The summed E-state index contributed by atoms with van der Waals surface area (Å²) < 4.78 is 29.0. The summed E-state index contributed by atoms with van der Waals surface area (Å²) in [4.78, 5) is 16.0. The first-order valence-corrected chi connectivity index (χ1v) is 6.72. The molecule has 2 N–H and O–H groups in total. The first kappa shape index (κ1) is 17.3. The smallest absolute Gasteiger partial charge is 0.272 e. The number of aromatic nitrogens is 1. The van der Waals surface area contributed by atoms with Gasteiger partial charge >= 0.3 is 0 Å². The highest BCUT2D eigenvalue weighted by Crippen LogP contribution is 2.13. The van der Waals surface area contributed by atoms with Crippen molar-refractivity contribution in [3.05, 3.63) is 24.0 Å². The number of aliphatic hydroxyl groups is 1. The van der Waals surface area contributed by atoms with E-state index in [9.17, 15) is 13.6 Å². The van der Waals surface area contributed by atoms with Crippen LogP contribution in [0, 0.1) is 5.92 Å². The fraction of sp³-hybridized carbons (Fsp3) is 0.571. The number of hydrogen-bond donors (Lipinski definition) is 2. The Kier molecular flexibility index (Phi) is 7.01. The van der Waals surface area contributed by atoms with Crippen LogP contribution in [-0.4, -0.2) is 41.7 Å². The van der Waals surface area contributed by atoms with E-state index in [0.717, 1.165) is 0 Å². The molecule has 0 spiro atoms. The number of halogens is 2. The van der Waals surface area contributed by atoms with E-state index in [4.69, 9.17) is 9.84 Å². The first-order chi connectivity index (χ1) is 9.93. The molecule has 1 unspecified atom stereocenters. The second-order valence-electron chi connectivity index (χ2n) is 4.92. The number of ether oxygens (including phenoxy) is 1. The van der Waals surface area contributed by atoms with Crippen LogP contribution in [0.5, 0.6) is 5.75 Å². The van der Waals surface area contributed by atoms with Crippen molar-refractivity contribution in [3.63, 3.8) is 0 Å². The van der Waals surface area contributed by atoms with Gasteiger partial charge in [0.2, 0.25) is 0 Å². The minimum absolute atomic E-state index is 0.0336. The second kappa shape index (κ2) is 8.51. The lowest BCUT2D eigenvalue weighted by atomic mass is 10.0. The molecule has 0 radical (unpaired) electrons. The highest BCUT2D eigenvalue weighted by Gasteiger charge is 2.18. The highest BCUT2D eigenvalue weighted by molar-refractivity contribution is 5.92. The number of carbonyl (C=O) groups is 1. The van der Waals surface area contributed by atoms with Gasteiger partial charge in [0.1, 0.15) is 18.1 Å². The van der Waals surface area contributed by atoms with Gasteiger partial charge in [0.05, 0.1) is 0 Å². The molecule has 0 saturated carbocycles. The predicted octanol–water partition coefficient (Wildman–Crippen LogP) is 1.86. The van der Waals surface area contributed by atoms with Gasteiger partial charge in [-0.05, 0) is 18.4 Å². The molecule has 0 aliphatic carbocycles. The Morgan fingerprint density at radius 2 is 2.19 bits per heavy atom. The van der Waals surface area contributed by atoms with Gasteiger partial charge < -0.3 is 15.2 Å². The van der Waals surface area contributed by atoms with Gasteiger partial charge in [-0.1, -0.05) is 13.8 Å². The van der Waals surface area contributed by atoms with Gasteiger partial charge in [-0.15, -0.1) is 0 Å². The molecule has 0 aromatic carbocycles. The summed E-state index contributed by atoms with van der Waals surface area (Å²) in [6.45, 7) is 3.09. The number of carbonyl (C=O) groups excluding carboxylic acids is 1. The van der Waals surface area contributed by atoms with E-state index in [1.165, 1.54) is 18.3 Å². The Morgan fingerprint density at radius 3 is 2.76 bits per heavy atom. The van der Waals surface area contributed by atoms with Crippen LogP contribution in [0.25, 0.3) is 0 Å². The van der Waals surface area contributed by atoms with Crippen LogP contribution in [0.15, 0.2) is 18.3 Å². The van der Waals surface area contributed by atoms with Crippen LogP contribution in [0.2, 0.25) is 0 Å². The van der Waals surface area contributed by atoms with E-state index in [0.29, 0.717) is 6.42 Å². The van der Waals surface area contributed by atoms with Gasteiger partial charge in [0, 0.05) is 24.9 Å². The number of nitrogens with one attached hydrogen (secondary N) is 1. The molecule has 5 nitrogen and oxygen atoms in total. The highest BCUT2D eigenvalue weighted by atomic mass is 19.3. The Morgan fingerprint density at radius 1 is 1.48 bits per heavy atom. The van der Waals surface area contributed by atoms with Crippen molar-refractivity contribution in [3.8, 4) is 5.75 Å². The average Bonchev–Trinajstić information content (AvgIpc) is 2.44. The summed E-state index contributed by atoms with van der Waals surface area (Å²) in [5.74, 6) is -0.109. The maximum absolute atomic E-state index is 12.1. The lowest BCUT2D eigenvalue weighted by Crippen LogP contribution is -2.39. The number of hydrogen-bond acceptors (Lipinski definition) is 4. The zero-order chi connectivity index (χ0) is 15.8. The first-order valence-electron chi connectivity index (χ1n) is 6.72. The molecule has 0 bridgehead atoms. The Labute approximate surface area is 122 Å². The zero-order valence-electron chi connectivity index (χ0n) is 12.1. The van der Waals surface area contributed by atoms with Gasteiger partial charge in [-0.3, -0.25) is 9.78 Å². The van der Waals surface area contributed by atoms with Crippen LogP contribution in [0.3, 0.4) is 0 Å². The van der Waals surface area contributed by atoms with E-state index < -0.39 is 18.9 Å². The SMILES string of the molecule is CC(C)C(CCO)NC(=O)c1cc(OCC(F)F)ccn1. The lowest BCUT2D eigenvalue weighted by molar-refractivity contribution is 0.0816. The maximum Gasteiger partial charge on any atom is 0.272 e. The number of nitrogens with zero attached hydrogens (tertiary/aromatic N) is 1. The van der Waals surface area contributed by atoms with Crippen LogP contribution in [-0.2, 0) is 0 Å². The molecule has 1 rings (SSSR count). The molecule has 0 aliphatic heterocycles. The zero-order valence-corrected chi connectivity index (χ0v) is 12.1. The van der Waals surface area contributed by atoms with Gasteiger partial charge in [-0.2, -0.15) is 0 Å². The maximum atomic E-state index is 12.1. The number of aliphatic hydroxyl groups excluding tert-OH is 1. The molecule has 1 aromatic heterocycles. The molecule has 118 valence electrons. The predicted molar refractivity (Wildman–Crippen MR) is 73.5 cm³/mol. The van der Waals surface area contributed by atoms with Crippen molar-refractivity contribution in [1.29, 1.82) is 0 Å². The monoisotopic (exact) mass is 302 g/mol. The summed E-state index contributed by atoms with van der Waals surface area (Å²) >= 11 is 0. The van der Waals surface area contributed by atoms with Crippen molar-refractivity contribution < 1.29 is 23.4 Å². The van der Waals surface area contributed by atoms with E-state index in [1.54, 1.807) is 0 Å². The van der Waals surface area contributed by atoms with Crippen molar-refractivity contribution in [2.45, 2.75) is 32.7 Å². The van der Waals surface area contributed by atoms with Crippen LogP contribution in [0.4, 0.5) is 8.78 Å². The van der Waals surface area contributed by atoms with Crippen molar-refractivity contribution in [1.82, 2.24) is 10.3 Å². The third kappa shape index (κ3) is 6.03. The Bertz CT molecular complexity index is 456. The normalized spacial score (nSPS) is 12.5. The summed E-state index contributed by atoms with van der Waals surface area (Å²) in [6, 6.07) is 2.54. The number of amides is 1. The molecule has 0 fully saturated rings. The molecule has 21 heavy (non-hydrogen) atoms. The number of rotatable bonds is 8. The van der Waals surface area contributed by atoms with E-state index >= 15 is 0 Å². The molecule has 1 aromatic rings. The third-order valence-electron chi connectivity index (χ3n) is 2.90. The van der Waals surface area contributed by atoms with Crippen LogP contribution < -0.4 is 10.1 Å². The van der Waals surface area contributed by atoms with Gasteiger partial charge in [-0.25, -0.2) is 8.78 Å². The molecule has 7 heteroatoms. The van der Waals surface area contributed by atoms with Crippen molar-refractivity contribution >= 4 is 5.91 Å². The van der Waals surface area contributed by atoms with Crippen molar-refractivity contribution in [2.24, 2.45) is 5.92 Å². The Balaban J connectivity index is 2.70. The standard InChI is InChI=1S/C14H20F2N2O3/c1-9(2)11(4-6-19)18-14(20)12-7-10(3-5-17-12)21-8-13(15)16/h3,5,7,9,11,13,19H,4,6,8H2,1-2H3,(H,18,20). The van der Waals surface area contributed by atoms with Gasteiger partial charge in [0.15, 0.2) is 0 Å². The molecule has 1 heterocycles. The number of pyridine rings is 1. The minimum Gasteiger partial charge on any atom is -0.488 e. The molecule has 0 aliphatic rings. The van der Waals surface area contributed by atoms with E-state index in [1.807, 2.05) is 13.8 Å². The van der Waals surface area contributed by atoms with E-state index in [-0.39, 0.29) is 30.0 Å². The quantitative estimate of drug-likeness (QED) is 0.769. The summed E-state index contributed by atoms with van der Waals surface area (Å²) in [7, 11) is 0. The molecule has 0 saturated heterocycles. The molecular formula is C14H20F2N2O3. The third-order valence-corrected chi connectivity index (χ3v) is 2.90.